The van der Waals surface area contributed by atoms with Crippen LogP contribution >= 0.6 is 0 Å². The zero-order valence-corrected chi connectivity index (χ0v) is 23.4. The number of benzene rings is 4. The van der Waals surface area contributed by atoms with Gasteiger partial charge in [0.05, 0.1) is 12.1 Å². The quantitative estimate of drug-likeness (QED) is 0.254. The van der Waals surface area contributed by atoms with E-state index in [-0.39, 0.29) is 47.8 Å². The van der Waals surface area contributed by atoms with Crippen molar-refractivity contribution in [1.29, 1.82) is 0 Å². The van der Waals surface area contributed by atoms with Gasteiger partial charge in [-0.3, -0.25) is 9.80 Å². The standard InChI is InChI=1S/C36H34F2N2O2/c37-29-14-10-25(11-15-29)32(26-12-16-30(38)17-13-26)34-35(28-18-21-39(34)22-19-28)42-36(41)40-23-20-24-6-4-5-9-31(24)33(40)27-7-2-1-3-8-27/h1-17,28,32-35H,18-23H2. The summed E-state index contributed by atoms with van der Waals surface area (Å²) in [5, 5.41) is 0. The molecule has 4 nitrogen and oxygen atoms in total. The number of hydrogen-bond donors (Lipinski definition) is 0. The van der Waals surface area contributed by atoms with Gasteiger partial charge in [0.1, 0.15) is 17.7 Å². The zero-order valence-electron chi connectivity index (χ0n) is 23.4. The molecule has 0 saturated carbocycles. The van der Waals surface area contributed by atoms with Crippen molar-refractivity contribution >= 4 is 6.09 Å². The maximum Gasteiger partial charge on any atom is 0.410 e. The minimum absolute atomic E-state index is 0.148. The maximum atomic E-state index is 14.3. The van der Waals surface area contributed by atoms with Crippen LogP contribution in [0.25, 0.3) is 0 Å². The molecule has 3 saturated heterocycles. The lowest BCUT2D eigenvalue weighted by Gasteiger charge is -2.53. The van der Waals surface area contributed by atoms with Crippen molar-refractivity contribution in [2.24, 2.45) is 5.92 Å². The second-order valence-electron chi connectivity index (χ2n) is 11.7. The lowest BCUT2D eigenvalue weighted by atomic mass is 9.72. The van der Waals surface area contributed by atoms with Crippen LogP contribution in [0.5, 0.6) is 0 Å². The zero-order chi connectivity index (χ0) is 28.6. The predicted octanol–water partition coefficient (Wildman–Crippen LogP) is 7.34. The van der Waals surface area contributed by atoms with Crippen LogP contribution in [0.1, 0.15) is 52.6 Å². The van der Waals surface area contributed by atoms with Crippen LogP contribution in [-0.4, -0.2) is 47.7 Å². The number of rotatable bonds is 5. The highest BCUT2D eigenvalue weighted by Gasteiger charge is 2.49. The highest BCUT2D eigenvalue weighted by atomic mass is 19.1. The van der Waals surface area contributed by atoms with Gasteiger partial charge in [-0.1, -0.05) is 78.9 Å². The van der Waals surface area contributed by atoms with Crippen LogP contribution in [0.3, 0.4) is 0 Å². The third-order valence-corrected chi connectivity index (χ3v) is 9.47. The molecule has 2 bridgehead atoms. The van der Waals surface area contributed by atoms with Gasteiger partial charge in [0, 0.05) is 18.4 Å². The van der Waals surface area contributed by atoms with Gasteiger partial charge in [0.15, 0.2) is 0 Å². The van der Waals surface area contributed by atoms with Gasteiger partial charge in [0.2, 0.25) is 0 Å². The third-order valence-electron chi connectivity index (χ3n) is 9.47. The average molecular weight is 565 g/mol. The van der Waals surface area contributed by atoms with E-state index in [9.17, 15) is 13.6 Å². The molecule has 0 spiro atoms. The molecule has 8 rings (SSSR count). The summed E-state index contributed by atoms with van der Waals surface area (Å²) in [5.41, 5.74) is 5.30. The summed E-state index contributed by atoms with van der Waals surface area (Å²) < 4.78 is 34.6. The fraction of sp³-hybridized carbons (Fsp3) is 0.306. The van der Waals surface area contributed by atoms with E-state index >= 15 is 0 Å². The van der Waals surface area contributed by atoms with Gasteiger partial charge in [-0.05, 0) is 84.4 Å². The third kappa shape index (κ3) is 4.98. The Morgan fingerprint density at radius 2 is 1.33 bits per heavy atom. The Balaban J connectivity index is 1.25. The molecule has 3 unspecified atom stereocenters. The molecule has 4 aliphatic heterocycles. The Kier molecular flexibility index (Phi) is 7.24. The van der Waals surface area contributed by atoms with Crippen molar-refractivity contribution < 1.29 is 18.3 Å². The molecule has 214 valence electrons. The first kappa shape index (κ1) is 26.8. The number of amides is 1. The van der Waals surface area contributed by atoms with Crippen molar-refractivity contribution in [2.75, 3.05) is 19.6 Å². The minimum atomic E-state index is -0.353. The van der Waals surface area contributed by atoms with E-state index < -0.39 is 0 Å². The van der Waals surface area contributed by atoms with E-state index in [0.29, 0.717) is 6.54 Å². The summed E-state index contributed by atoms with van der Waals surface area (Å²) in [6.07, 6.45) is 2.02. The fourth-order valence-corrected chi connectivity index (χ4v) is 7.47. The molecule has 4 heterocycles. The van der Waals surface area contributed by atoms with Gasteiger partial charge in [0.25, 0.3) is 0 Å². The molecule has 0 radical (unpaired) electrons. The van der Waals surface area contributed by atoms with Crippen LogP contribution in [0.15, 0.2) is 103 Å². The normalized spacial score (nSPS) is 24.8. The first-order chi connectivity index (χ1) is 20.6. The molecular weight excluding hydrogens is 530 g/mol. The highest BCUT2D eigenvalue weighted by Crippen LogP contribution is 2.44. The predicted molar refractivity (Wildman–Crippen MR) is 158 cm³/mol. The van der Waals surface area contributed by atoms with E-state index in [1.54, 1.807) is 24.3 Å². The lowest BCUT2D eigenvalue weighted by Crippen LogP contribution is -2.62. The number of nitrogens with zero attached hydrogens (tertiary/aromatic N) is 2. The summed E-state index contributed by atoms with van der Waals surface area (Å²) in [4.78, 5) is 18.6. The molecule has 3 atom stereocenters. The summed E-state index contributed by atoms with van der Waals surface area (Å²) in [6, 6.07) is 31.2. The van der Waals surface area contributed by atoms with Crippen molar-refractivity contribution in [1.82, 2.24) is 9.80 Å². The van der Waals surface area contributed by atoms with Crippen LogP contribution in [0.4, 0.5) is 13.6 Å². The van der Waals surface area contributed by atoms with Crippen LogP contribution in [0.2, 0.25) is 0 Å². The van der Waals surface area contributed by atoms with E-state index in [0.717, 1.165) is 54.6 Å². The lowest BCUT2D eigenvalue weighted by molar-refractivity contribution is -0.0911. The van der Waals surface area contributed by atoms with E-state index in [2.05, 4.69) is 35.2 Å². The Morgan fingerprint density at radius 1 is 0.738 bits per heavy atom. The second kappa shape index (κ2) is 11.3. The van der Waals surface area contributed by atoms with Crippen LogP contribution in [-0.2, 0) is 11.2 Å². The largest absolute Gasteiger partial charge is 0.444 e. The summed E-state index contributed by atoms with van der Waals surface area (Å²) in [5.74, 6) is -0.594. The second-order valence-corrected chi connectivity index (χ2v) is 11.7. The molecule has 3 fully saturated rings. The van der Waals surface area contributed by atoms with E-state index in [1.165, 1.54) is 29.8 Å². The molecule has 42 heavy (non-hydrogen) atoms. The molecule has 0 N–H and O–H groups in total. The van der Waals surface area contributed by atoms with Crippen molar-refractivity contribution in [2.45, 2.75) is 43.4 Å². The highest BCUT2D eigenvalue weighted by molar-refractivity contribution is 5.70. The molecular formula is C36H34F2N2O2. The summed E-state index contributed by atoms with van der Waals surface area (Å²) in [6.45, 7) is 2.39. The van der Waals surface area contributed by atoms with E-state index in [1.807, 2.05) is 29.2 Å². The number of ether oxygens (including phenoxy) is 1. The number of halogens is 2. The molecule has 6 heteroatoms. The van der Waals surface area contributed by atoms with E-state index in [4.69, 9.17) is 4.74 Å². The Bertz CT molecular complexity index is 1490. The van der Waals surface area contributed by atoms with Gasteiger partial charge >= 0.3 is 6.09 Å². The Labute approximate surface area is 245 Å². The first-order valence-electron chi connectivity index (χ1n) is 14.9. The Morgan fingerprint density at radius 3 is 1.98 bits per heavy atom. The average Bonchev–Trinajstić information content (AvgIpc) is 3.04. The SMILES string of the molecule is O=C(OC1C2CCN(CC2)C1C(c1ccc(F)cc1)c1ccc(F)cc1)N1CCc2ccccc2C1c1ccccc1. The fourth-order valence-electron chi connectivity index (χ4n) is 7.47. The number of carbonyl (C=O) groups excluding carboxylic acids is 1. The van der Waals surface area contributed by atoms with Crippen molar-refractivity contribution in [3.05, 3.63) is 143 Å². The number of hydrogen-bond acceptors (Lipinski definition) is 3. The molecule has 1 amide bonds. The molecule has 4 aromatic carbocycles. The van der Waals surface area contributed by atoms with Gasteiger partial charge in [-0.25, -0.2) is 13.6 Å². The number of carbonyl (C=O) groups is 1. The molecule has 0 aliphatic carbocycles. The smallest absolute Gasteiger partial charge is 0.410 e. The number of piperidine rings is 3. The van der Waals surface area contributed by atoms with Gasteiger partial charge < -0.3 is 4.74 Å². The van der Waals surface area contributed by atoms with Crippen molar-refractivity contribution in [3.63, 3.8) is 0 Å². The monoisotopic (exact) mass is 564 g/mol. The summed E-state index contributed by atoms with van der Waals surface area (Å²) in [7, 11) is 0. The maximum absolute atomic E-state index is 14.3. The molecule has 4 aromatic rings. The molecule has 0 aromatic heterocycles. The minimum Gasteiger partial charge on any atom is -0.444 e. The Hall–Kier alpha value is -4.03. The van der Waals surface area contributed by atoms with Crippen molar-refractivity contribution in [3.8, 4) is 0 Å². The molecule has 4 aliphatic rings. The van der Waals surface area contributed by atoms with Crippen LogP contribution < -0.4 is 0 Å². The summed E-state index contributed by atoms with van der Waals surface area (Å²) >= 11 is 0. The number of fused-ring (bicyclic) bond motifs is 4. The van der Waals surface area contributed by atoms with Crippen LogP contribution in [0, 0.1) is 17.6 Å². The van der Waals surface area contributed by atoms with Gasteiger partial charge in [-0.15, -0.1) is 0 Å². The topological polar surface area (TPSA) is 32.8 Å². The van der Waals surface area contributed by atoms with Gasteiger partial charge in [-0.2, -0.15) is 0 Å². The first-order valence-corrected chi connectivity index (χ1v) is 14.9.